The molecule has 6 aromatic heterocycles. The van der Waals surface area contributed by atoms with Gasteiger partial charge in [0.25, 0.3) is 0 Å². The number of benzene rings is 3. The van der Waals surface area contributed by atoms with Crippen molar-refractivity contribution in [3.05, 3.63) is 139 Å². The third-order valence-corrected chi connectivity index (χ3v) is 14.9. The molecule has 4 amide bonds. The Hall–Kier alpha value is -10.3. The molecule has 0 fully saturated rings. The summed E-state index contributed by atoms with van der Waals surface area (Å²) in [6, 6.07) is 23.2. The van der Waals surface area contributed by atoms with Crippen LogP contribution >= 0.6 is 34.0 Å². The molecule has 6 N–H and O–H groups in total. The lowest BCUT2D eigenvalue weighted by Crippen LogP contribution is -2.30. The summed E-state index contributed by atoms with van der Waals surface area (Å²) in [6.07, 6.45) is 0. The molecule has 9 rings (SSSR count). The number of hydrogen-bond donors (Lipinski definition) is 5. The molecule has 6 heterocycles. The van der Waals surface area contributed by atoms with Crippen LogP contribution in [0.1, 0.15) is 31.1 Å². The molecule has 9 aromatic rings. The van der Waals surface area contributed by atoms with Crippen molar-refractivity contribution in [1.82, 2.24) is 0 Å². The third kappa shape index (κ3) is 15.0. The monoisotopic (exact) mass is 1210 g/mol. The van der Waals surface area contributed by atoms with Crippen LogP contribution in [0.5, 0.6) is 34.5 Å². The van der Waals surface area contributed by atoms with Crippen molar-refractivity contribution in [2.24, 2.45) is 0 Å². The summed E-state index contributed by atoms with van der Waals surface area (Å²) in [4.78, 5) is 97.1. The second kappa shape index (κ2) is 28.4. The summed E-state index contributed by atoms with van der Waals surface area (Å²) in [7, 11) is 16.4. The minimum Gasteiger partial charge on any atom is -0.497 e. The summed E-state index contributed by atoms with van der Waals surface area (Å²) < 4.78 is 56.7. The van der Waals surface area contributed by atoms with Crippen LogP contribution < -0.4 is 76.8 Å². The number of nitrogens with two attached hydrogens (primary N) is 1. The fourth-order valence-corrected chi connectivity index (χ4v) is 9.94. The number of nitrogen functional groups attached to an aromatic ring is 1. The van der Waals surface area contributed by atoms with E-state index in [9.17, 15) is 38.4 Å². The molecular weight excluding hydrogens is 1160 g/mol. The van der Waals surface area contributed by atoms with Crippen LogP contribution in [0.2, 0.25) is 0 Å². The molecule has 29 heteroatoms. The number of hydrogen-bond acceptors (Lipinski definition) is 24. The predicted octanol–water partition coefficient (Wildman–Crippen LogP) is 9.53. The summed E-state index contributed by atoms with van der Waals surface area (Å²) in [5, 5.41) is 19.3. The Morgan fingerprint density at radius 1 is 0.488 bits per heavy atom. The minimum atomic E-state index is -1.37. The van der Waals surface area contributed by atoms with Gasteiger partial charge in [0.1, 0.15) is 61.2 Å². The van der Waals surface area contributed by atoms with Crippen molar-refractivity contribution in [3.8, 4) is 34.5 Å². The van der Waals surface area contributed by atoms with Crippen LogP contribution in [0.15, 0.2) is 119 Å². The quantitative estimate of drug-likeness (QED) is 0.0499. The van der Waals surface area contributed by atoms with Gasteiger partial charge in [0.05, 0.1) is 93.0 Å². The molecule has 0 spiro atoms. The van der Waals surface area contributed by atoms with Gasteiger partial charge in [-0.05, 0) is 54.6 Å². The van der Waals surface area contributed by atoms with Crippen molar-refractivity contribution >= 4 is 127 Å². The van der Waals surface area contributed by atoms with Crippen molar-refractivity contribution in [2.45, 2.75) is 0 Å². The highest BCUT2D eigenvalue weighted by Gasteiger charge is 2.23. The molecule has 0 aliphatic carbocycles. The maximum absolute atomic E-state index is 12.7. The average molecular weight is 1220 g/mol. The van der Waals surface area contributed by atoms with Gasteiger partial charge in [0.2, 0.25) is 0 Å². The van der Waals surface area contributed by atoms with Gasteiger partial charge < -0.3 is 77.9 Å². The SMILES string of the molecule is CNc1cc2oc(=O)c(C(=O)OC)cc2s1.COC(=O)c1cc2sc(N(C)C(=O)Nc3cc(OC)ccc3OC)cc2oc1=O.COc1ccc(OC)c(N)c1.COc1ccc(OC)c(NC(=O)N(C)c2cc3oc(=O)c(C(=O)O)cc3s2)c1. The molecule has 0 radical (unpaired) electrons. The van der Waals surface area contributed by atoms with Gasteiger partial charge in [-0.2, -0.15) is 0 Å². The number of carboxylic acid groups (broad SMARTS) is 1. The van der Waals surface area contributed by atoms with E-state index in [-0.39, 0.29) is 22.3 Å². The van der Waals surface area contributed by atoms with Gasteiger partial charge in [0.15, 0.2) is 16.7 Å². The van der Waals surface area contributed by atoms with E-state index in [1.54, 1.807) is 95.0 Å². The molecule has 0 atom stereocenters. The molecule has 84 heavy (non-hydrogen) atoms. The first-order chi connectivity index (χ1) is 40.1. The van der Waals surface area contributed by atoms with E-state index < -0.39 is 52.4 Å². The van der Waals surface area contributed by atoms with Gasteiger partial charge in [0, 0.05) is 57.5 Å². The van der Waals surface area contributed by atoms with E-state index in [4.69, 9.17) is 52.5 Å². The number of esters is 2. The van der Waals surface area contributed by atoms with E-state index in [2.05, 4.69) is 25.4 Å². The standard InChI is InChI=1S/C19H18N2O7S.C18H16N2O7S.C10H9NO4S.C8H11NO2/c1-21(19(24)20-12-7-10(25-2)5-6-13(12)26-3)16-9-14-15(29-16)8-11(17(22)27-4)18(23)28-14;1-20(18(24)19-11-6-9(25-2)4-5-12(11)26-3)15-8-13-14(28-15)7-10(16(21)22)17(23)27-13;1-11-8-4-6-7(16-8)3-5(9(12)14-2)10(13)15-6;1-10-6-3-4-8(11-2)7(9)5-6/h5-9H,1-4H3,(H,20,24);4-8H,1-3H3,(H,19,24)(H,21,22);3-4,11H,1-2H3;3-5H,9H2,1-2H3. The number of ether oxygens (including phenoxy) is 8. The molecule has 26 nitrogen and oxygen atoms in total. The third-order valence-electron chi connectivity index (χ3n) is 11.5. The first kappa shape index (κ1) is 62.9. The zero-order chi connectivity index (χ0) is 61.5. The van der Waals surface area contributed by atoms with E-state index in [1.807, 2.05) is 0 Å². The summed E-state index contributed by atoms with van der Waals surface area (Å²) in [5.74, 6) is 0.595. The number of nitrogens with one attached hydrogen (secondary N) is 3. The number of aromatic carboxylic acids is 1. The fourth-order valence-electron chi connectivity index (χ4n) is 7.08. The zero-order valence-electron chi connectivity index (χ0n) is 46.6. The lowest BCUT2D eigenvalue weighted by Gasteiger charge is -2.17. The number of carboxylic acids is 1. The number of amides is 4. The first-order valence-electron chi connectivity index (χ1n) is 24.0. The van der Waals surface area contributed by atoms with Crippen LogP contribution in [0.3, 0.4) is 0 Å². The molecule has 3 aromatic carbocycles. The largest absolute Gasteiger partial charge is 0.497 e. The number of carbonyl (C=O) groups is 5. The highest BCUT2D eigenvalue weighted by atomic mass is 32.1. The number of urea groups is 2. The van der Waals surface area contributed by atoms with Crippen LogP contribution in [-0.4, -0.2) is 113 Å². The molecule has 0 aliphatic heterocycles. The molecule has 0 saturated heterocycles. The Labute approximate surface area is 487 Å². The molecular formula is C55H54N6O20S3. The second-order valence-corrected chi connectivity index (χ2v) is 19.8. The van der Waals surface area contributed by atoms with Crippen LogP contribution in [-0.2, 0) is 9.47 Å². The highest BCUT2D eigenvalue weighted by Crippen LogP contribution is 2.36. The van der Waals surface area contributed by atoms with E-state index in [0.717, 1.165) is 26.8 Å². The van der Waals surface area contributed by atoms with E-state index >= 15 is 0 Å². The topological polar surface area (TPSA) is 339 Å². The van der Waals surface area contributed by atoms with Gasteiger partial charge in [-0.15, -0.1) is 34.0 Å². The molecule has 442 valence electrons. The lowest BCUT2D eigenvalue weighted by molar-refractivity contribution is 0.0587. The normalized spacial score (nSPS) is 10.3. The number of methoxy groups -OCH3 is 8. The molecule has 0 bridgehead atoms. The number of thiophene rings is 3. The van der Waals surface area contributed by atoms with Crippen LogP contribution in [0.25, 0.3) is 30.8 Å². The lowest BCUT2D eigenvalue weighted by atomic mass is 10.2. The number of fused-ring (bicyclic) bond motifs is 3. The Kier molecular flexibility index (Phi) is 21.3. The van der Waals surface area contributed by atoms with Crippen molar-refractivity contribution < 1.29 is 80.2 Å². The van der Waals surface area contributed by atoms with Gasteiger partial charge in [-0.25, -0.2) is 38.4 Å². The van der Waals surface area contributed by atoms with Gasteiger partial charge in [-0.3, -0.25) is 9.80 Å². The number of nitrogens with zero attached hydrogens (tertiary/aromatic N) is 2. The highest BCUT2D eigenvalue weighted by molar-refractivity contribution is 7.23. The molecule has 0 saturated carbocycles. The van der Waals surface area contributed by atoms with Crippen LogP contribution in [0, 0.1) is 0 Å². The smallest absolute Gasteiger partial charge is 0.351 e. The Morgan fingerprint density at radius 3 is 1.23 bits per heavy atom. The maximum atomic E-state index is 12.7. The fraction of sp³-hybridized carbons (Fsp3) is 0.200. The van der Waals surface area contributed by atoms with Crippen molar-refractivity contribution in [1.29, 1.82) is 0 Å². The number of carbonyl (C=O) groups excluding carboxylic acids is 4. The Balaban J connectivity index is 0.000000191. The minimum absolute atomic E-state index is 0.0838. The van der Waals surface area contributed by atoms with E-state index in [1.165, 1.54) is 106 Å². The number of rotatable bonds is 14. The van der Waals surface area contributed by atoms with E-state index in [0.29, 0.717) is 70.8 Å². The second-order valence-electron chi connectivity index (χ2n) is 16.6. The summed E-state index contributed by atoms with van der Waals surface area (Å²) in [6.45, 7) is 0. The summed E-state index contributed by atoms with van der Waals surface area (Å²) in [5.41, 5.74) is 4.79. The summed E-state index contributed by atoms with van der Waals surface area (Å²) >= 11 is 3.69. The van der Waals surface area contributed by atoms with Gasteiger partial charge >= 0.3 is 46.8 Å². The van der Waals surface area contributed by atoms with Crippen LogP contribution in [0.4, 0.5) is 41.7 Å². The van der Waals surface area contributed by atoms with Crippen molar-refractivity contribution in [2.75, 3.05) is 110 Å². The maximum Gasteiger partial charge on any atom is 0.351 e. The zero-order valence-corrected chi connectivity index (χ0v) is 49.0. The predicted molar refractivity (Wildman–Crippen MR) is 318 cm³/mol. The molecule has 0 aliphatic rings. The average Bonchev–Trinajstić information content (AvgIpc) is 3.57. The Morgan fingerprint density at radius 2 is 0.857 bits per heavy atom. The molecule has 0 unspecified atom stereocenters. The first-order valence-corrected chi connectivity index (χ1v) is 26.4. The van der Waals surface area contributed by atoms with Gasteiger partial charge in [-0.1, -0.05) is 0 Å². The number of anilines is 6. The van der Waals surface area contributed by atoms with Crippen molar-refractivity contribution in [3.63, 3.8) is 0 Å². The Bertz CT molecular complexity index is 4070.